The molecule has 0 aliphatic heterocycles. The summed E-state index contributed by atoms with van der Waals surface area (Å²) in [5.74, 6) is -0.698. The van der Waals surface area contributed by atoms with Crippen molar-refractivity contribution in [3.63, 3.8) is 0 Å². The fraction of sp³-hybridized carbons (Fsp3) is 0.714. The van der Waals surface area contributed by atoms with Crippen LogP contribution in [0.25, 0.3) is 0 Å². The SMILES string of the molecule is CCCCC(=S)SCC(=O)O. The highest BCUT2D eigenvalue weighted by Gasteiger charge is 2.00. The van der Waals surface area contributed by atoms with Gasteiger partial charge in [-0.3, -0.25) is 4.79 Å². The van der Waals surface area contributed by atoms with Crippen molar-refractivity contribution in [3.8, 4) is 0 Å². The molecule has 0 aromatic heterocycles. The van der Waals surface area contributed by atoms with E-state index in [9.17, 15) is 4.79 Å². The maximum absolute atomic E-state index is 10.1. The molecular formula is C7H12O2S2. The van der Waals surface area contributed by atoms with E-state index in [-0.39, 0.29) is 5.75 Å². The lowest BCUT2D eigenvalue weighted by atomic mass is 10.3. The van der Waals surface area contributed by atoms with Gasteiger partial charge in [0.25, 0.3) is 0 Å². The smallest absolute Gasteiger partial charge is 0.313 e. The van der Waals surface area contributed by atoms with E-state index < -0.39 is 5.97 Å². The quantitative estimate of drug-likeness (QED) is 0.678. The Bertz CT molecular complexity index is 145. The van der Waals surface area contributed by atoms with Crippen LogP contribution in [0.5, 0.6) is 0 Å². The van der Waals surface area contributed by atoms with Crippen LogP contribution in [-0.4, -0.2) is 21.0 Å². The van der Waals surface area contributed by atoms with Crippen molar-refractivity contribution < 1.29 is 9.90 Å². The zero-order valence-electron chi connectivity index (χ0n) is 6.50. The van der Waals surface area contributed by atoms with Crippen molar-refractivity contribution in [3.05, 3.63) is 0 Å². The Morgan fingerprint density at radius 2 is 2.27 bits per heavy atom. The molecular weight excluding hydrogens is 180 g/mol. The number of hydrogen-bond donors (Lipinski definition) is 1. The maximum atomic E-state index is 10.1. The monoisotopic (exact) mass is 192 g/mol. The van der Waals surface area contributed by atoms with Gasteiger partial charge in [-0.25, -0.2) is 0 Å². The average molecular weight is 192 g/mol. The molecule has 0 aromatic rings. The summed E-state index contributed by atoms with van der Waals surface area (Å²) in [5.41, 5.74) is 0. The minimum Gasteiger partial charge on any atom is -0.481 e. The van der Waals surface area contributed by atoms with E-state index >= 15 is 0 Å². The number of unbranched alkanes of at least 4 members (excludes halogenated alkanes) is 1. The number of thiocarbonyl (C=S) groups is 1. The van der Waals surface area contributed by atoms with E-state index in [4.69, 9.17) is 17.3 Å². The molecule has 0 bridgehead atoms. The number of thioether (sulfide) groups is 1. The molecule has 4 heteroatoms. The van der Waals surface area contributed by atoms with Gasteiger partial charge in [-0.2, -0.15) is 0 Å². The Balaban J connectivity index is 3.30. The number of hydrogen-bond acceptors (Lipinski definition) is 3. The summed E-state index contributed by atoms with van der Waals surface area (Å²) < 4.78 is 0.814. The molecule has 0 heterocycles. The predicted octanol–water partition coefficient (Wildman–Crippen LogP) is 2.32. The Morgan fingerprint density at radius 3 is 2.73 bits per heavy atom. The Kier molecular flexibility index (Phi) is 6.56. The lowest BCUT2D eigenvalue weighted by Crippen LogP contribution is -2.01. The molecule has 0 saturated heterocycles. The molecule has 0 fully saturated rings. The lowest BCUT2D eigenvalue weighted by Gasteiger charge is -1.98. The zero-order valence-corrected chi connectivity index (χ0v) is 8.13. The summed E-state index contributed by atoms with van der Waals surface area (Å²) in [7, 11) is 0. The summed E-state index contributed by atoms with van der Waals surface area (Å²) in [4.78, 5) is 10.1. The molecule has 0 radical (unpaired) electrons. The highest BCUT2D eigenvalue weighted by atomic mass is 32.2. The van der Waals surface area contributed by atoms with Gasteiger partial charge in [-0.15, -0.1) is 11.8 Å². The van der Waals surface area contributed by atoms with Crippen molar-refractivity contribution in [2.45, 2.75) is 26.2 Å². The van der Waals surface area contributed by atoms with Crippen LogP contribution in [0.4, 0.5) is 0 Å². The summed E-state index contributed by atoms with van der Waals surface area (Å²) in [5, 5.41) is 8.31. The normalized spacial score (nSPS) is 9.55. The van der Waals surface area contributed by atoms with E-state index in [0.717, 1.165) is 23.5 Å². The molecule has 0 aliphatic carbocycles. The molecule has 0 spiro atoms. The minimum atomic E-state index is -0.797. The number of aliphatic carboxylic acids is 1. The molecule has 2 nitrogen and oxygen atoms in total. The number of carboxylic acid groups (broad SMARTS) is 1. The summed E-state index contributed by atoms with van der Waals surface area (Å²) in [6.45, 7) is 2.09. The molecule has 0 atom stereocenters. The molecule has 0 unspecified atom stereocenters. The van der Waals surface area contributed by atoms with Crippen LogP contribution in [0, 0.1) is 0 Å². The molecule has 0 saturated carbocycles. The summed E-state index contributed by atoms with van der Waals surface area (Å²) >= 11 is 6.19. The molecule has 0 amide bonds. The van der Waals surface area contributed by atoms with Gasteiger partial charge in [0.1, 0.15) is 0 Å². The number of carbonyl (C=O) groups is 1. The fourth-order valence-electron chi connectivity index (χ4n) is 0.536. The van der Waals surface area contributed by atoms with Gasteiger partial charge in [0.2, 0.25) is 0 Å². The van der Waals surface area contributed by atoms with Crippen molar-refractivity contribution in [1.82, 2.24) is 0 Å². The average Bonchev–Trinajstić information content (AvgIpc) is 1.97. The van der Waals surface area contributed by atoms with Crippen LogP contribution in [-0.2, 0) is 4.79 Å². The third kappa shape index (κ3) is 7.81. The molecule has 0 aliphatic rings. The Hall–Kier alpha value is -0.0900. The molecule has 0 rings (SSSR count). The van der Waals surface area contributed by atoms with E-state index in [1.807, 2.05) is 0 Å². The first-order valence-corrected chi connectivity index (χ1v) is 4.93. The molecule has 1 N–H and O–H groups in total. The standard InChI is InChI=1S/C7H12O2S2/c1-2-3-4-7(10)11-5-6(8)9/h2-5H2,1H3,(H,8,9). The van der Waals surface area contributed by atoms with E-state index in [1.54, 1.807) is 0 Å². The first kappa shape index (κ1) is 10.9. The second-order valence-corrected chi connectivity index (χ2v) is 3.98. The van der Waals surface area contributed by atoms with Crippen molar-refractivity contribution >= 4 is 34.1 Å². The van der Waals surface area contributed by atoms with Gasteiger partial charge >= 0.3 is 5.97 Å². The van der Waals surface area contributed by atoms with E-state index in [1.165, 1.54) is 11.8 Å². The largest absolute Gasteiger partial charge is 0.481 e. The first-order chi connectivity index (χ1) is 5.16. The number of carboxylic acids is 1. The van der Waals surface area contributed by atoms with Gasteiger partial charge in [-0.1, -0.05) is 25.6 Å². The second kappa shape index (κ2) is 6.61. The highest BCUT2D eigenvalue weighted by Crippen LogP contribution is 2.10. The van der Waals surface area contributed by atoms with Crippen molar-refractivity contribution in [2.75, 3.05) is 5.75 Å². The highest BCUT2D eigenvalue weighted by molar-refractivity contribution is 8.23. The molecule has 0 aromatic carbocycles. The van der Waals surface area contributed by atoms with Crippen LogP contribution < -0.4 is 0 Å². The first-order valence-electron chi connectivity index (χ1n) is 3.54. The number of rotatable bonds is 5. The van der Waals surface area contributed by atoms with Crippen LogP contribution >= 0.6 is 24.0 Å². The maximum Gasteiger partial charge on any atom is 0.313 e. The Labute approximate surface area is 76.4 Å². The topological polar surface area (TPSA) is 37.3 Å². The van der Waals surface area contributed by atoms with Gasteiger partial charge < -0.3 is 5.11 Å². The van der Waals surface area contributed by atoms with Gasteiger partial charge in [0.15, 0.2) is 0 Å². The third-order valence-electron chi connectivity index (χ3n) is 1.09. The van der Waals surface area contributed by atoms with Crippen molar-refractivity contribution in [1.29, 1.82) is 0 Å². The van der Waals surface area contributed by atoms with Crippen LogP contribution in [0.15, 0.2) is 0 Å². The van der Waals surface area contributed by atoms with Crippen LogP contribution in [0.2, 0.25) is 0 Å². The third-order valence-corrected chi connectivity index (χ3v) is 2.57. The van der Waals surface area contributed by atoms with Gasteiger partial charge in [0.05, 0.1) is 5.75 Å². The predicted molar refractivity (Wildman–Crippen MR) is 52.2 cm³/mol. The summed E-state index contributed by atoms with van der Waals surface area (Å²) in [6, 6.07) is 0. The summed E-state index contributed by atoms with van der Waals surface area (Å²) in [6.07, 6.45) is 3.03. The van der Waals surface area contributed by atoms with Gasteiger partial charge in [-0.05, 0) is 12.8 Å². The Morgan fingerprint density at radius 1 is 1.64 bits per heavy atom. The van der Waals surface area contributed by atoms with Crippen LogP contribution in [0.1, 0.15) is 26.2 Å². The van der Waals surface area contributed by atoms with Crippen molar-refractivity contribution in [2.24, 2.45) is 0 Å². The van der Waals surface area contributed by atoms with Crippen LogP contribution in [0.3, 0.4) is 0 Å². The molecule has 11 heavy (non-hydrogen) atoms. The second-order valence-electron chi connectivity index (χ2n) is 2.16. The minimum absolute atomic E-state index is 0.0997. The van der Waals surface area contributed by atoms with E-state index in [0.29, 0.717) is 0 Å². The lowest BCUT2D eigenvalue weighted by molar-refractivity contribution is -0.133. The molecule has 64 valence electrons. The zero-order chi connectivity index (χ0) is 8.69. The van der Waals surface area contributed by atoms with E-state index in [2.05, 4.69) is 6.92 Å². The fourth-order valence-corrected chi connectivity index (χ4v) is 1.43. The van der Waals surface area contributed by atoms with Gasteiger partial charge in [0, 0.05) is 4.20 Å².